The summed E-state index contributed by atoms with van der Waals surface area (Å²) < 4.78 is 2.01. The van der Waals surface area contributed by atoms with Crippen molar-refractivity contribution in [2.24, 2.45) is 12.8 Å². The predicted molar refractivity (Wildman–Crippen MR) is 45.2 cm³/mol. The molecule has 0 saturated carbocycles. The molecule has 0 aromatic carbocycles. The number of nitrogens with zero attached hydrogens (tertiary/aromatic N) is 2. The largest absolute Gasteiger partial charge is 0.334 e. The zero-order valence-corrected chi connectivity index (χ0v) is 7.55. The van der Waals surface area contributed by atoms with Gasteiger partial charge in [0.05, 0.1) is 17.4 Å². The van der Waals surface area contributed by atoms with Gasteiger partial charge in [0.25, 0.3) is 0 Å². The van der Waals surface area contributed by atoms with E-state index in [9.17, 15) is 0 Å². The van der Waals surface area contributed by atoms with E-state index >= 15 is 0 Å². The lowest BCUT2D eigenvalue weighted by Crippen LogP contribution is -2.31. The summed E-state index contributed by atoms with van der Waals surface area (Å²) in [6.07, 6.45) is 1.83. The van der Waals surface area contributed by atoms with Crippen molar-refractivity contribution in [2.75, 3.05) is 0 Å². The molecular formula is C8H15N3. The molecule has 0 aliphatic carbocycles. The normalized spacial score (nSPS) is 12.1. The van der Waals surface area contributed by atoms with Crippen LogP contribution in [0.25, 0.3) is 0 Å². The molecule has 0 spiro atoms. The van der Waals surface area contributed by atoms with Crippen LogP contribution in [0.15, 0.2) is 6.20 Å². The molecule has 0 unspecified atom stereocenters. The Kier molecular flexibility index (Phi) is 1.76. The summed E-state index contributed by atoms with van der Waals surface area (Å²) in [6, 6.07) is 0. The van der Waals surface area contributed by atoms with Crippen molar-refractivity contribution in [3.63, 3.8) is 0 Å². The van der Waals surface area contributed by atoms with Crippen molar-refractivity contribution < 1.29 is 0 Å². The van der Waals surface area contributed by atoms with E-state index < -0.39 is 0 Å². The topological polar surface area (TPSA) is 43.8 Å². The Balaban J connectivity index is 3.15. The van der Waals surface area contributed by atoms with Gasteiger partial charge >= 0.3 is 0 Å². The van der Waals surface area contributed by atoms with Crippen LogP contribution in [0.5, 0.6) is 0 Å². The van der Waals surface area contributed by atoms with Crippen LogP contribution in [0, 0.1) is 6.92 Å². The van der Waals surface area contributed by atoms with Crippen molar-refractivity contribution in [3.8, 4) is 0 Å². The highest BCUT2D eigenvalue weighted by Crippen LogP contribution is 2.16. The van der Waals surface area contributed by atoms with Gasteiger partial charge in [-0.1, -0.05) is 0 Å². The molecule has 0 aliphatic rings. The molecule has 3 heteroatoms. The first-order chi connectivity index (χ1) is 4.93. The Morgan fingerprint density at radius 1 is 1.55 bits per heavy atom. The van der Waals surface area contributed by atoms with Gasteiger partial charge in [-0.3, -0.25) is 0 Å². The highest BCUT2D eigenvalue weighted by molar-refractivity contribution is 5.12. The number of aryl methyl sites for hydroxylation is 1. The lowest BCUT2D eigenvalue weighted by molar-refractivity contribution is 0.510. The lowest BCUT2D eigenvalue weighted by Gasteiger charge is -2.18. The van der Waals surface area contributed by atoms with Crippen molar-refractivity contribution in [1.29, 1.82) is 0 Å². The molecule has 1 aromatic rings. The molecule has 0 amide bonds. The molecule has 3 nitrogen and oxygen atoms in total. The number of hydrogen-bond donors (Lipinski definition) is 1. The van der Waals surface area contributed by atoms with Crippen molar-refractivity contribution in [3.05, 3.63) is 17.7 Å². The molecule has 0 saturated heterocycles. The average Bonchev–Trinajstić information content (AvgIpc) is 2.11. The Hall–Kier alpha value is -0.830. The fraction of sp³-hybridized carbons (Fsp3) is 0.625. The molecule has 1 heterocycles. The highest BCUT2D eigenvalue weighted by atomic mass is 15.1. The molecular weight excluding hydrogens is 138 g/mol. The van der Waals surface area contributed by atoms with Crippen molar-refractivity contribution >= 4 is 0 Å². The van der Waals surface area contributed by atoms with Crippen molar-refractivity contribution in [2.45, 2.75) is 26.3 Å². The van der Waals surface area contributed by atoms with Gasteiger partial charge in [-0.2, -0.15) is 0 Å². The fourth-order valence-corrected chi connectivity index (χ4v) is 1.10. The van der Waals surface area contributed by atoms with Gasteiger partial charge in [-0.05, 0) is 20.8 Å². The first kappa shape index (κ1) is 8.27. The van der Waals surface area contributed by atoms with Crippen LogP contribution in [0.1, 0.15) is 25.4 Å². The van der Waals surface area contributed by atoms with E-state index in [1.807, 2.05) is 38.6 Å². The molecule has 0 atom stereocenters. The van der Waals surface area contributed by atoms with E-state index in [0.29, 0.717) is 0 Å². The predicted octanol–water partition coefficient (Wildman–Crippen LogP) is 0.922. The third-order valence-corrected chi connectivity index (χ3v) is 1.88. The molecule has 62 valence electrons. The Morgan fingerprint density at radius 2 is 2.09 bits per heavy atom. The molecule has 11 heavy (non-hydrogen) atoms. The maximum atomic E-state index is 5.91. The zero-order chi connectivity index (χ0) is 8.65. The second-order valence-corrected chi connectivity index (χ2v) is 3.47. The van der Waals surface area contributed by atoms with E-state index in [-0.39, 0.29) is 5.54 Å². The van der Waals surface area contributed by atoms with Gasteiger partial charge in [0.2, 0.25) is 0 Å². The van der Waals surface area contributed by atoms with Gasteiger partial charge < -0.3 is 10.3 Å². The molecule has 1 aromatic heterocycles. The summed E-state index contributed by atoms with van der Waals surface area (Å²) in [4.78, 5) is 4.17. The van der Waals surface area contributed by atoms with E-state index in [1.54, 1.807) is 0 Å². The minimum absolute atomic E-state index is 0.296. The van der Waals surface area contributed by atoms with Crippen LogP contribution in [0.3, 0.4) is 0 Å². The molecule has 2 N–H and O–H groups in total. The van der Waals surface area contributed by atoms with Crippen LogP contribution in [-0.2, 0) is 12.6 Å². The lowest BCUT2D eigenvalue weighted by atomic mass is 10.0. The Bertz CT molecular complexity index is 255. The summed E-state index contributed by atoms with van der Waals surface area (Å²) in [7, 11) is 1.98. The van der Waals surface area contributed by atoms with Crippen molar-refractivity contribution in [1.82, 2.24) is 9.55 Å². The molecule has 0 radical (unpaired) electrons. The second-order valence-electron chi connectivity index (χ2n) is 3.47. The number of rotatable bonds is 1. The molecule has 1 rings (SSSR count). The minimum Gasteiger partial charge on any atom is -0.334 e. The summed E-state index contributed by atoms with van der Waals surface area (Å²) >= 11 is 0. The van der Waals surface area contributed by atoms with Gasteiger partial charge in [0, 0.05) is 7.05 Å². The number of hydrogen-bond acceptors (Lipinski definition) is 2. The maximum Gasteiger partial charge on any atom is 0.105 e. The monoisotopic (exact) mass is 153 g/mol. The van der Waals surface area contributed by atoms with E-state index in [1.165, 1.54) is 0 Å². The molecule has 0 fully saturated rings. The molecule has 0 aliphatic heterocycles. The van der Waals surface area contributed by atoms with Gasteiger partial charge in [-0.15, -0.1) is 0 Å². The van der Waals surface area contributed by atoms with Gasteiger partial charge in [0.1, 0.15) is 5.82 Å². The van der Waals surface area contributed by atoms with E-state index in [2.05, 4.69) is 4.98 Å². The quantitative estimate of drug-likeness (QED) is 0.652. The summed E-state index contributed by atoms with van der Waals surface area (Å²) in [6.45, 7) is 5.92. The second kappa shape index (κ2) is 2.34. The SMILES string of the molecule is Cc1ncc(C(C)(C)N)n1C. The number of nitrogens with two attached hydrogens (primary N) is 1. The third kappa shape index (κ3) is 1.43. The van der Waals surface area contributed by atoms with E-state index in [4.69, 9.17) is 5.73 Å². The standard InChI is InChI=1S/C8H15N3/c1-6-10-5-7(11(6)4)8(2,3)9/h5H,9H2,1-4H3. The maximum absolute atomic E-state index is 5.91. The fourth-order valence-electron chi connectivity index (χ4n) is 1.10. The summed E-state index contributed by atoms with van der Waals surface area (Å²) in [5, 5.41) is 0. The average molecular weight is 153 g/mol. The van der Waals surface area contributed by atoms with Crippen LogP contribution >= 0.6 is 0 Å². The third-order valence-electron chi connectivity index (χ3n) is 1.88. The number of aromatic nitrogens is 2. The first-order valence-electron chi connectivity index (χ1n) is 3.70. The summed E-state index contributed by atoms with van der Waals surface area (Å²) in [5.74, 6) is 0.999. The Labute approximate surface area is 67.2 Å². The van der Waals surface area contributed by atoms with Crippen LogP contribution in [-0.4, -0.2) is 9.55 Å². The summed E-state index contributed by atoms with van der Waals surface area (Å²) in [5.41, 5.74) is 6.68. The highest BCUT2D eigenvalue weighted by Gasteiger charge is 2.18. The van der Waals surface area contributed by atoms with Gasteiger partial charge in [0.15, 0.2) is 0 Å². The zero-order valence-electron chi connectivity index (χ0n) is 7.55. The van der Waals surface area contributed by atoms with Crippen LogP contribution in [0.2, 0.25) is 0 Å². The minimum atomic E-state index is -0.296. The molecule has 0 bridgehead atoms. The number of imidazole rings is 1. The Morgan fingerprint density at radius 3 is 2.27 bits per heavy atom. The van der Waals surface area contributed by atoms with Gasteiger partial charge in [-0.25, -0.2) is 4.98 Å². The first-order valence-corrected chi connectivity index (χ1v) is 3.70. The van der Waals surface area contributed by atoms with E-state index in [0.717, 1.165) is 11.5 Å². The van der Waals surface area contributed by atoms with Crippen LogP contribution < -0.4 is 5.73 Å². The smallest absolute Gasteiger partial charge is 0.105 e. The van der Waals surface area contributed by atoms with Crippen LogP contribution in [0.4, 0.5) is 0 Å².